The number of aromatic nitrogens is 5. The van der Waals surface area contributed by atoms with Gasteiger partial charge in [0.05, 0.1) is 22.2 Å². The van der Waals surface area contributed by atoms with Gasteiger partial charge in [0.1, 0.15) is 0 Å². The number of nitrogens with zero attached hydrogens (tertiary/aromatic N) is 5. The van der Waals surface area contributed by atoms with Crippen LogP contribution in [0.5, 0.6) is 0 Å². The Labute approximate surface area is 364 Å². The Balaban J connectivity index is 0.896. The lowest BCUT2D eigenvalue weighted by molar-refractivity contribution is 1.07. The van der Waals surface area contributed by atoms with E-state index >= 15 is 0 Å². The van der Waals surface area contributed by atoms with Gasteiger partial charge in [0, 0.05) is 49.5 Å². The molecule has 0 saturated heterocycles. The molecule has 9 aromatic carbocycles. The van der Waals surface area contributed by atoms with E-state index in [1.807, 2.05) is 36.4 Å². The third-order valence-corrected chi connectivity index (χ3v) is 12.1. The summed E-state index contributed by atoms with van der Waals surface area (Å²) in [6.45, 7) is 0. The first-order valence-corrected chi connectivity index (χ1v) is 21.2. The number of benzene rings is 9. The fourth-order valence-electron chi connectivity index (χ4n) is 9.05. The van der Waals surface area contributed by atoms with Crippen molar-refractivity contribution in [2.75, 3.05) is 0 Å². The molecule has 3 heterocycles. The van der Waals surface area contributed by atoms with Gasteiger partial charge in [-0.2, -0.15) is 0 Å². The third kappa shape index (κ3) is 6.42. The number of hydrogen-bond donors (Lipinski definition) is 0. The van der Waals surface area contributed by atoms with Gasteiger partial charge in [-0.15, -0.1) is 0 Å². The zero-order valence-electron chi connectivity index (χ0n) is 34.1. The number of para-hydroxylation sites is 2. The minimum Gasteiger partial charge on any atom is -0.309 e. The third-order valence-electron chi connectivity index (χ3n) is 12.1. The summed E-state index contributed by atoms with van der Waals surface area (Å²) in [7, 11) is 0. The molecule has 12 aromatic rings. The van der Waals surface area contributed by atoms with Crippen molar-refractivity contribution in [2.24, 2.45) is 0 Å². The van der Waals surface area contributed by atoms with Crippen LogP contribution in [0.15, 0.2) is 224 Å². The standard InChI is InChI=1S/C58H37N5/c1-3-15-41(16-4-1)55-50-24-8-7-23-49(50)54-46(25-14-26-51(54)59-55)40-33-29-38(30-34-40)39-31-35-43(36-32-39)57-60-56(42-17-5-2-6-18-42)61-58(62-57)44-19-13-20-45(37-44)63-52-27-11-9-21-47(52)48-22-10-12-28-53(48)63/h1-37H. The molecule has 0 unspecified atom stereocenters. The van der Waals surface area contributed by atoms with Crippen LogP contribution in [0.1, 0.15) is 0 Å². The monoisotopic (exact) mass is 803 g/mol. The second kappa shape index (κ2) is 15.2. The van der Waals surface area contributed by atoms with Crippen LogP contribution in [0.25, 0.3) is 117 Å². The Hall–Kier alpha value is -8.54. The van der Waals surface area contributed by atoms with Crippen molar-refractivity contribution in [3.05, 3.63) is 224 Å². The zero-order chi connectivity index (χ0) is 41.7. The van der Waals surface area contributed by atoms with Crippen molar-refractivity contribution in [3.8, 4) is 73.4 Å². The molecular weight excluding hydrogens is 767 g/mol. The molecule has 5 heteroatoms. The average molecular weight is 804 g/mol. The van der Waals surface area contributed by atoms with Crippen LogP contribution < -0.4 is 0 Å². The molecule has 0 amide bonds. The predicted molar refractivity (Wildman–Crippen MR) is 260 cm³/mol. The highest BCUT2D eigenvalue weighted by Gasteiger charge is 2.17. The van der Waals surface area contributed by atoms with Gasteiger partial charge in [0.15, 0.2) is 17.5 Å². The average Bonchev–Trinajstić information content (AvgIpc) is 3.71. The molecule has 3 aromatic heterocycles. The van der Waals surface area contributed by atoms with Gasteiger partial charge in [0.2, 0.25) is 0 Å². The Morgan fingerprint density at radius 2 is 0.746 bits per heavy atom. The maximum absolute atomic E-state index is 5.22. The molecule has 5 nitrogen and oxygen atoms in total. The lowest BCUT2D eigenvalue weighted by Crippen LogP contribution is -2.01. The highest BCUT2D eigenvalue weighted by molar-refractivity contribution is 6.16. The SMILES string of the molecule is c1ccc(-c2nc(-c3ccc(-c4ccc(-c5cccc6nc(-c7ccccc7)c7ccccc7c56)cc4)cc3)nc(-c3cccc(-n4c5ccccc5c5ccccc54)c3)n2)cc1. The van der Waals surface area contributed by atoms with E-state index in [2.05, 4.69) is 193 Å². The van der Waals surface area contributed by atoms with E-state index in [1.54, 1.807) is 0 Å². The fraction of sp³-hybridized carbons (Fsp3) is 0. The van der Waals surface area contributed by atoms with Gasteiger partial charge < -0.3 is 4.57 Å². The van der Waals surface area contributed by atoms with Crippen LogP contribution in [-0.2, 0) is 0 Å². The van der Waals surface area contributed by atoms with Gasteiger partial charge in [-0.05, 0) is 58.0 Å². The topological polar surface area (TPSA) is 56.5 Å². The van der Waals surface area contributed by atoms with E-state index in [1.165, 1.54) is 16.2 Å². The van der Waals surface area contributed by atoms with E-state index in [-0.39, 0.29) is 0 Å². The fourth-order valence-corrected chi connectivity index (χ4v) is 9.05. The molecule has 63 heavy (non-hydrogen) atoms. The maximum atomic E-state index is 5.22. The second-order valence-corrected chi connectivity index (χ2v) is 15.8. The first-order chi connectivity index (χ1) is 31.2. The van der Waals surface area contributed by atoms with Crippen molar-refractivity contribution in [2.45, 2.75) is 0 Å². The largest absolute Gasteiger partial charge is 0.309 e. The lowest BCUT2D eigenvalue weighted by Gasteiger charge is -2.14. The van der Waals surface area contributed by atoms with Crippen molar-refractivity contribution >= 4 is 43.5 Å². The minimum absolute atomic E-state index is 0.619. The molecule has 0 radical (unpaired) electrons. The van der Waals surface area contributed by atoms with Crippen LogP contribution in [-0.4, -0.2) is 24.5 Å². The highest BCUT2D eigenvalue weighted by Crippen LogP contribution is 2.39. The van der Waals surface area contributed by atoms with Gasteiger partial charge in [0.25, 0.3) is 0 Å². The molecule has 12 rings (SSSR count). The Bertz CT molecular complexity index is 3600. The molecule has 0 aliphatic carbocycles. The smallest absolute Gasteiger partial charge is 0.164 e. The van der Waals surface area contributed by atoms with Crippen molar-refractivity contribution in [3.63, 3.8) is 0 Å². The first-order valence-electron chi connectivity index (χ1n) is 21.2. The van der Waals surface area contributed by atoms with E-state index in [9.17, 15) is 0 Å². The molecule has 0 N–H and O–H groups in total. The van der Waals surface area contributed by atoms with Crippen LogP contribution >= 0.6 is 0 Å². The predicted octanol–water partition coefficient (Wildman–Crippen LogP) is 14.7. The van der Waals surface area contributed by atoms with Crippen LogP contribution in [0.4, 0.5) is 0 Å². The summed E-state index contributed by atoms with van der Waals surface area (Å²) in [6.07, 6.45) is 0. The second-order valence-electron chi connectivity index (χ2n) is 15.8. The molecular formula is C58H37N5. The van der Waals surface area contributed by atoms with Gasteiger partial charge >= 0.3 is 0 Å². The van der Waals surface area contributed by atoms with Crippen molar-refractivity contribution in [1.29, 1.82) is 0 Å². The van der Waals surface area contributed by atoms with Gasteiger partial charge in [-0.3, -0.25) is 0 Å². The summed E-state index contributed by atoms with van der Waals surface area (Å²) < 4.78 is 2.32. The summed E-state index contributed by atoms with van der Waals surface area (Å²) in [5.41, 5.74) is 13.8. The van der Waals surface area contributed by atoms with Crippen molar-refractivity contribution < 1.29 is 0 Å². The number of rotatable bonds is 7. The normalized spacial score (nSPS) is 11.5. The summed E-state index contributed by atoms with van der Waals surface area (Å²) in [5, 5.41) is 5.95. The quantitative estimate of drug-likeness (QED) is 0.151. The number of pyridine rings is 1. The summed E-state index contributed by atoms with van der Waals surface area (Å²) in [5.74, 6) is 1.87. The van der Waals surface area contributed by atoms with E-state index in [4.69, 9.17) is 19.9 Å². The minimum atomic E-state index is 0.619. The number of hydrogen-bond acceptors (Lipinski definition) is 4. The van der Waals surface area contributed by atoms with Crippen LogP contribution in [0.3, 0.4) is 0 Å². The molecule has 0 bridgehead atoms. The Kier molecular flexibility index (Phi) is 8.75. The molecule has 0 aliphatic heterocycles. The van der Waals surface area contributed by atoms with Gasteiger partial charge in [-0.1, -0.05) is 194 Å². The first kappa shape index (κ1) is 36.3. The van der Waals surface area contributed by atoms with E-state index in [0.29, 0.717) is 17.5 Å². The molecule has 0 aliphatic rings. The molecule has 0 saturated carbocycles. The summed E-state index contributed by atoms with van der Waals surface area (Å²) in [4.78, 5) is 20.4. The van der Waals surface area contributed by atoms with Crippen LogP contribution in [0, 0.1) is 0 Å². The van der Waals surface area contributed by atoms with E-state index < -0.39 is 0 Å². The summed E-state index contributed by atoms with van der Waals surface area (Å²) >= 11 is 0. The molecule has 294 valence electrons. The zero-order valence-corrected chi connectivity index (χ0v) is 34.1. The molecule has 0 fully saturated rings. The molecule has 0 atom stereocenters. The number of fused-ring (bicyclic) bond motifs is 6. The summed E-state index contributed by atoms with van der Waals surface area (Å²) in [6, 6.07) is 78.6. The van der Waals surface area contributed by atoms with Crippen molar-refractivity contribution in [1.82, 2.24) is 24.5 Å². The van der Waals surface area contributed by atoms with Crippen LogP contribution in [0.2, 0.25) is 0 Å². The Morgan fingerprint density at radius 3 is 1.38 bits per heavy atom. The van der Waals surface area contributed by atoms with Gasteiger partial charge in [-0.25, -0.2) is 19.9 Å². The maximum Gasteiger partial charge on any atom is 0.164 e. The van der Waals surface area contributed by atoms with E-state index in [0.717, 1.165) is 83.2 Å². The molecule has 0 spiro atoms. The highest BCUT2D eigenvalue weighted by atomic mass is 15.0. The lowest BCUT2D eigenvalue weighted by atomic mass is 9.93. The Morgan fingerprint density at radius 1 is 0.286 bits per heavy atom.